The van der Waals surface area contributed by atoms with Gasteiger partial charge in [0.2, 0.25) is 0 Å². The SMILES string of the molecule is C=CCOc1ccc(C2C(C(=O)/C=C/c3ccccc3)=C(O)C(=O)N2c2nc3ccc(OCC)cc3s2)cc1. The number of benzene rings is 3. The van der Waals surface area contributed by atoms with Gasteiger partial charge in [-0.05, 0) is 54.5 Å². The van der Waals surface area contributed by atoms with E-state index >= 15 is 0 Å². The highest BCUT2D eigenvalue weighted by atomic mass is 32.1. The van der Waals surface area contributed by atoms with Crippen LogP contribution in [-0.2, 0) is 9.59 Å². The summed E-state index contributed by atoms with van der Waals surface area (Å²) in [6, 6.07) is 21.0. The van der Waals surface area contributed by atoms with Crippen LogP contribution in [0.3, 0.4) is 0 Å². The molecule has 196 valence electrons. The van der Waals surface area contributed by atoms with E-state index in [9.17, 15) is 14.7 Å². The minimum Gasteiger partial charge on any atom is -0.503 e. The fraction of sp³-hybridized carbons (Fsp3) is 0.129. The number of ketones is 1. The van der Waals surface area contributed by atoms with Crippen LogP contribution >= 0.6 is 11.3 Å². The number of carbonyl (C=O) groups is 2. The van der Waals surface area contributed by atoms with Gasteiger partial charge in [0.05, 0.1) is 28.4 Å². The average Bonchev–Trinajstić information content (AvgIpc) is 3.49. The van der Waals surface area contributed by atoms with Crippen molar-refractivity contribution in [2.75, 3.05) is 18.1 Å². The fourth-order valence-corrected chi connectivity index (χ4v) is 5.37. The molecule has 0 saturated carbocycles. The van der Waals surface area contributed by atoms with E-state index in [0.717, 1.165) is 10.3 Å². The Morgan fingerprint density at radius 2 is 1.82 bits per heavy atom. The van der Waals surface area contributed by atoms with E-state index in [4.69, 9.17) is 9.47 Å². The Balaban J connectivity index is 1.56. The number of amides is 1. The van der Waals surface area contributed by atoms with Gasteiger partial charge >= 0.3 is 0 Å². The van der Waals surface area contributed by atoms with E-state index in [-0.39, 0.29) is 5.57 Å². The van der Waals surface area contributed by atoms with Crippen LogP contribution in [0.15, 0.2) is 103 Å². The van der Waals surface area contributed by atoms with Gasteiger partial charge in [0.25, 0.3) is 5.91 Å². The molecule has 3 aromatic carbocycles. The highest BCUT2D eigenvalue weighted by Crippen LogP contribution is 2.44. The Hall–Kier alpha value is -4.69. The van der Waals surface area contributed by atoms with Gasteiger partial charge in [-0.1, -0.05) is 72.5 Å². The largest absolute Gasteiger partial charge is 0.503 e. The summed E-state index contributed by atoms with van der Waals surface area (Å²) in [6.45, 7) is 6.43. The lowest BCUT2D eigenvalue weighted by molar-refractivity contribution is -0.117. The van der Waals surface area contributed by atoms with Crippen LogP contribution in [0.5, 0.6) is 11.5 Å². The van der Waals surface area contributed by atoms with Gasteiger partial charge in [-0.3, -0.25) is 14.5 Å². The summed E-state index contributed by atoms with van der Waals surface area (Å²) in [7, 11) is 0. The van der Waals surface area contributed by atoms with Crippen molar-refractivity contribution in [1.82, 2.24) is 4.98 Å². The zero-order valence-electron chi connectivity index (χ0n) is 21.2. The Labute approximate surface area is 229 Å². The fourth-order valence-electron chi connectivity index (χ4n) is 4.35. The van der Waals surface area contributed by atoms with Gasteiger partial charge in [0, 0.05) is 0 Å². The first-order valence-electron chi connectivity index (χ1n) is 12.4. The van der Waals surface area contributed by atoms with Crippen molar-refractivity contribution in [3.8, 4) is 11.5 Å². The first-order chi connectivity index (χ1) is 19.0. The number of anilines is 1. The molecule has 0 saturated heterocycles. The molecule has 0 fully saturated rings. The molecule has 1 unspecified atom stereocenters. The maximum absolute atomic E-state index is 13.5. The Kier molecular flexibility index (Phi) is 7.56. The van der Waals surface area contributed by atoms with E-state index in [1.54, 1.807) is 36.4 Å². The predicted octanol–water partition coefficient (Wildman–Crippen LogP) is 6.44. The van der Waals surface area contributed by atoms with Gasteiger partial charge in [-0.15, -0.1) is 0 Å². The lowest BCUT2D eigenvalue weighted by Crippen LogP contribution is -2.30. The molecule has 1 aliphatic rings. The van der Waals surface area contributed by atoms with E-state index < -0.39 is 23.5 Å². The number of fused-ring (bicyclic) bond motifs is 1. The molecule has 0 aliphatic carbocycles. The molecule has 0 spiro atoms. The van der Waals surface area contributed by atoms with Gasteiger partial charge in [-0.25, -0.2) is 4.98 Å². The van der Waals surface area contributed by atoms with Gasteiger partial charge in [0.1, 0.15) is 18.1 Å². The molecular formula is C31H26N2O5S. The van der Waals surface area contributed by atoms with Crippen molar-refractivity contribution in [1.29, 1.82) is 0 Å². The number of hydrogen-bond acceptors (Lipinski definition) is 7. The summed E-state index contributed by atoms with van der Waals surface area (Å²) in [4.78, 5) is 33.0. The number of hydrogen-bond donors (Lipinski definition) is 1. The Bertz CT molecular complexity index is 1590. The van der Waals surface area contributed by atoms with Crippen LogP contribution in [0.1, 0.15) is 24.1 Å². The topological polar surface area (TPSA) is 89.0 Å². The number of allylic oxidation sites excluding steroid dienone is 1. The van der Waals surface area contributed by atoms with Crippen molar-refractivity contribution in [3.63, 3.8) is 0 Å². The van der Waals surface area contributed by atoms with Crippen molar-refractivity contribution >= 4 is 44.5 Å². The second-order valence-corrected chi connectivity index (χ2v) is 9.69. The number of aliphatic hydroxyl groups is 1. The van der Waals surface area contributed by atoms with Crippen LogP contribution in [0.2, 0.25) is 0 Å². The number of thiazole rings is 1. The predicted molar refractivity (Wildman–Crippen MR) is 153 cm³/mol. The summed E-state index contributed by atoms with van der Waals surface area (Å²) in [6.07, 6.45) is 4.68. The maximum atomic E-state index is 13.5. The van der Waals surface area contributed by atoms with E-state index in [1.165, 1.54) is 22.3 Å². The Morgan fingerprint density at radius 1 is 1.08 bits per heavy atom. The van der Waals surface area contributed by atoms with Crippen molar-refractivity contribution < 1.29 is 24.2 Å². The van der Waals surface area contributed by atoms with E-state index in [2.05, 4.69) is 11.6 Å². The third-order valence-corrected chi connectivity index (χ3v) is 7.15. The molecule has 7 nitrogen and oxygen atoms in total. The summed E-state index contributed by atoms with van der Waals surface area (Å²) >= 11 is 1.29. The summed E-state index contributed by atoms with van der Waals surface area (Å²) in [5.74, 6) is -0.439. The zero-order valence-corrected chi connectivity index (χ0v) is 22.1. The highest BCUT2D eigenvalue weighted by Gasteiger charge is 2.45. The van der Waals surface area contributed by atoms with E-state index in [1.807, 2.05) is 55.5 Å². The normalized spacial score (nSPS) is 15.4. The molecule has 0 bridgehead atoms. The molecule has 5 rings (SSSR count). The molecule has 2 heterocycles. The number of aliphatic hydroxyl groups excluding tert-OH is 1. The van der Waals surface area contributed by atoms with Crippen LogP contribution < -0.4 is 14.4 Å². The minimum absolute atomic E-state index is 0.0128. The summed E-state index contributed by atoms with van der Waals surface area (Å²) in [5, 5.41) is 11.4. The van der Waals surface area contributed by atoms with Gasteiger partial charge in [0.15, 0.2) is 16.7 Å². The minimum atomic E-state index is -0.884. The number of aromatic nitrogens is 1. The molecule has 8 heteroatoms. The second kappa shape index (κ2) is 11.4. The first-order valence-corrected chi connectivity index (χ1v) is 13.2. The summed E-state index contributed by atoms with van der Waals surface area (Å²) in [5.41, 5.74) is 2.12. The molecule has 1 aliphatic heterocycles. The molecule has 1 atom stereocenters. The first kappa shape index (κ1) is 25.9. The zero-order chi connectivity index (χ0) is 27.4. The van der Waals surface area contributed by atoms with Gasteiger partial charge < -0.3 is 14.6 Å². The third kappa shape index (κ3) is 5.32. The summed E-state index contributed by atoms with van der Waals surface area (Å²) < 4.78 is 12.0. The smallest absolute Gasteiger partial charge is 0.296 e. The number of nitrogens with zero attached hydrogens (tertiary/aromatic N) is 2. The highest BCUT2D eigenvalue weighted by molar-refractivity contribution is 7.22. The van der Waals surface area contributed by atoms with E-state index in [0.29, 0.717) is 40.9 Å². The lowest BCUT2D eigenvalue weighted by Gasteiger charge is -2.24. The quantitative estimate of drug-likeness (QED) is 0.185. The van der Waals surface area contributed by atoms with Crippen molar-refractivity contribution in [3.05, 3.63) is 114 Å². The second-order valence-electron chi connectivity index (χ2n) is 8.68. The number of rotatable bonds is 10. The molecular weight excluding hydrogens is 512 g/mol. The average molecular weight is 539 g/mol. The molecule has 4 aromatic rings. The van der Waals surface area contributed by atoms with Crippen LogP contribution in [-0.4, -0.2) is 35.0 Å². The molecule has 1 N–H and O–H groups in total. The lowest BCUT2D eigenvalue weighted by atomic mass is 9.95. The van der Waals surface area contributed by atoms with Crippen molar-refractivity contribution in [2.24, 2.45) is 0 Å². The molecule has 1 aromatic heterocycles. The number of ether oxygens (including phenoxy) is 2. The monoisotopic (exact) mass is 538 g/mol. The standard InChI is InChI=1S/C31H26N2O5S/c1-3-18-38-22-13-11-21(12-14-22)28-27(25(34)17-10-20-8-6-5-7-9-20)29(35)30(36)33(28)31-32-24-16-15-23(37-4-2)19-26(24)39-31/h3,5-17,19,28,35H,1,4,18H2,2H3/b17-10+. The van der Waals surface area contributed by atoms with Crippen LogP contribution in [0.4, 0.5) is 5.13 Å². The van der Waals surface area contributed by atoms with Crippen LogP contribution in [0, 0.1) is 0 Å². The number of carbonyl (C=O) groups excluding carboxylic acids is 2. The third-order valence-electron chi connectivity index (χ3n) is 6.13. The Morgan fingerprint density at radius 3 is 2.54 bits per heavy atom. The van der Waals surface area contributed by atoms with Gasteiger partial charge in [-0.2, -0.15) is 0 Å². The van der Waals surface area contributed by atoms with Crippen LogP contribution in [0.25, 0.3) is 16.3 Å². The molecule has 0 radical (unpaired) electrons. The maximum Gasteiger partial charge on any atom is 0.296 e. The van der Waals surface area contributed by atoms with Crippen molar-refractivity contribution in [2.45, 2.75) is 13.0 Å². The molecule has 39 heavy (non-hydrogen) atoms. The molecule has 1 amide bonds.